The first-order valence-electron chi connectivity index (χ1n) is 11.1. The van der Waals surface area contributed by atoms with Crippen molar-refractivity contribution in [3.05, 3.63) is 0 Å². The molecule has 0 N–H and O–H groups in total. The van der Waals surface area contributed by atoms with Crippen LogP contribution in [-0.4, -0.2) is 24.1 Å². The molecule has 150 valence electrons. The van der Waals surface area contributed by atoms with E-state index < -0.39 is 0 Å². The maximum absolute atomic E-state index is 11.9. The molecule has 5 rings (SSSR count). The van der Waals surface area contributed by atoms with Gasteiger partial charge < -0.3 is 9.47 Å². The zero-order valence-corrected chi connectivity index (χ0v) is 17.3. The van der Waals surface area contributed by atoms with Gasteiger partial charge in [0.15, 0.2) is 0 Å². The molecular weight excluding hydrogens is 340 g/mol. The largest absolute Gasteiger partial charge is 0.462 e. The van der Waals surface area contributed by atoms with Crippen molar-refractivity contribution in [3.8, 4) is 0 Å². The Kier molecular flexibility index (Phi) is 3.67. The molecule has 0 saturated heterocycles. The summed E-state index contributed by atoms with van der Waals surface area (Å²) in [4.78, 5) is 23.6. The van der Waals surface area contributed by atoms with Crippen molar-refractivity contribution in [3.63, 3.8) is 0 Å². The summed E-state index contributed by atoms with van der Waals surface area (Å²) in [7, 11) is 0. The minimum absolute atomic E-state index is 0.0640. The van der Waals surface area contributed by atoms with Crippen molar-refractivity contribution in [1.29, 1.82) is 0 Å². The van der Waals surface area contributed by atoms with Gasteiger partial charge in [-0.05, 0) is 80.5 Å². The number of hydrogen-bond acceptors (Lipinski definition) is 4. The fraction of sp³-hybridized carbons (Fsp3) is 0.913. The lowest BCUT2D eigenvalue weighted by molar-refractivity contribution is -0.187. The fourth-order valence-corrected chi connectivity index (χ4v) is 8.97. The van der Waals surface area contributed by atoms with Gasteiger partial charge in [0.05, 0.1) is 0 Å². The first-order chi connectivity index (χ1) is 12.7. The third-order valence-electron chi connectivity index (χ3n) is 10.1. The van der Waals surface area contributed by atoms with Crippen molar-refractivity contribution in [1.82, 2.24) is 0 Å². The van der Waals surface area contributed by atoms with E-state index in [1.165, 1.54) is 39.0 Å². The number of carbonyl (C=O) groups is 2. The van der Waals surface area contributed by atoms with E-state index in [1.54, 1.807) is 6.92 Å². The Balaban J connectivity index is 1.48. The second-order valence-corrected chi connectivity index (χ2v) is 10.8. The average Bonchev–Trinajstić information content (AvgIpc) is 3.12. The highest BCUT2D eigenvalue weighted by Crippen LogP contribution is 2.82. The van der Waals surface area contributed by atoms with Gasteiger partial charge in [-0.2, -0.15) is 0 Å². The van der Waals surface area contributed by atoms with Crippen LogP contribution in [0.1, 0.15) is 79.1 Å². The van der Waals surface area contributed by atoms with Crippen LogP contribution in [0.15, 0.2) is 0 Å². The summed E-state index contributed by atoms with van der Waals surface area (Å²) in [6.45, 7) is 7.99. The molecule has 0 aliphatic heterocycles. The highest BCUT2D eigenvalue weighted by Gasteiger charge is 2.78. The van der Waals surface area contributed by atoms with Crippen LogP contribution in [0.3, 0.4) is 0 Å². The van der Waals surface area contributed by atoms with Gasteiger partial charge in [0.2, 0.25) is 0 Å². The van der Waals surface area contributed by atoms with E-state index >= 15 is 0 Å². The molecular formula is C23H34O4. The molecule has 0 aromatic heterocycles. The Morgan fingerprint density at radius 1 is 0.852 bits per heavy atom. The molecule has 27 heavy (non-hydrogen) atoms. The van der Waals surface area contributed by atoms with Crippen LogP contribution in [0.4, 0.5) is 0 Å². The zero-order chi connectivity index (χ0) is 19.2. The van der Waals surface area contributed by atoms with E-state index in [2.05, 4.69) is 13.8 Å². The van der Waals surface area contributed by atoms with Gasteiger partial charge in [0.25, 0.3) is 0 Å². The quantitative estimate of drug-likeness (QED) is 0.668. The van der Waals surface area contributed by atoms with E-state index in [-0.39, 0.29) is 35.0 Å². The van der Waals surface area contributed by atoms with Crippen LogP contribution in [0, 0.1) is 39.9 Å². The Hall–Kier alpha value is -1.06. The number of rotatable bonds is 2. The Morgan fingerprint density at radius 2 is 1.56 bits per heavy atom. The summed E-state index contributed by atoms with van der Waals surface area (Å²) in [5.41, 5.74) is 0.680. The fourth-order valence-electron chi connectivity index (χ4n) is 8.97. The molecule has 9 atom stereocenters. The molecule has 4 nitrogen and oxygen atoms in total. The number of esters is 2. The lowest BCUT2D eigenvalue weighted by Crippen LogP contribution is -2.57. The molecule has 0 heterocycles. The first kappa shape index (κ1) is 18.0. The molecule has 5 saturated carbocycles. The predicted octanol–water partition coefficient (Wildman–Crippen LogP) is 4.50. The van der Waals surface area contributed by atoms with E-state index in [9.17, 15) is 9.59 Å². The summed E-state index contributed by atoms with van der Waals surface area (Å²) in [5, 5.41) is 0. The highest BCUT2D eigenvalue weighted by molar-refractivity contribution is 5.66. The summed E-state index contributed by atoms with van der Waals surface area (Å²) >= 11 is 0. The van der Waals surface area contributed by atoms with E-state index in [0.29, 0.717) is 17.3 Å². The van der Waals surface area contributed by atoms with E-state index in [1.807, 2.05) is 0 Å². The lowest BCUT2D eigenvalue weighted by atomic mass is 9.46. The molecule has 0 aromatic rings. The molecule has 0 aromatic carbocycles. The SMILES string of the molecule is CC(=O)O[C@H]1C[C@H]2[C@H]3CC[C@@H](OC(C)=O)[C@@]3(C)CC[C@H]2[C@@]2(C)CC[C@@H]3C[C@]312. The number of ether oxygens (including phenoxy) is 2. The van der Waals surface area contributed by atoms with Crippen molar-refractivity contribution < 1.29 is 19.1 Å². The monoisotopic (exact) mass is 374 g/mol. The van der Waals surface area contributed by atoms with Crippen LogP contribution in [0.5, 0.6) is 0 Å². The van der Waals surface area contributed by atoms with Crippen molar-refractivity contribution in [2.45, 2.75) is 91.3 Å². The first-order valence-corrected chi connectivity index (χ1v) is 11.1. The predicted molar refractivity (Wildman–Crippen MR) is 101 cm³/mol. The number of hydrogen-bond donors (Lipinski definition) is 0. The van der Waals surface area contributed by atoms with Crippen LogP contribution >= 0.6 is 0 Å². The minimum Gasteiger partial charge on any atom is -0.462 e. The van der Waals surface area contributed by atoms with Crippen molar-refractivity contribution >= 4 is 11.9 Å². The van der Waals surface area contributed by atoms with Gasteiger partial charge in [-0.1, -0.05) is 13.8 Å². The third-order valence-corrected chi connectivity index (χ3v) is 10.1. The van der Waals surface area contributed by atoms with Crippen LogP contribution in [0.2, 0.25) is 0 Å². The highest BCUT2D eigenvalue weighted by atomic mass is 16.5. The number of fused-ring (bicyclic) bond motifs is 4. The lowest BCUT2D eigenvalue weighted by Gasteiger charge is -2.60. The van der Waals surface area contributed by atoms with E-state index in [4.69, 9.17) is 9.47 Å². The van der Waals surface area contributed by atoms with Gasteiger partial charge >= 0.3 is 11.9 Å². The molecule has 4 heteroatoms. The Labute approximate surface area is 162 Å². The van der Waals surface area contributed by atoms with Crippen molar-refractivity contribution in [2.75, 3.05) is 0 Å². The molecule has 5 aliphatic carbocycles. The van der Waals surface area contributed by atoms with Crippen molar-refractivity contribution in [2.24, 2.45) is 39.9 Å². The van der Waals surface area contributed by atoms with E-state index in [0.717, 1.165) is 31.1 Å². The molecule has 5 aliphatic rings. The number of carbonyl (C=O) groups excluding carboxylic acids is 2. The molecule has 1 spiro atoms. The maximum Gasteiger partial charge on any atom is 0.302 e. The maximum atomic E-state index is 11.9. The average molecular weight is 375 g/mol. The van der Waals surface area contributed by atoms with Gasteiger partial charge in [0.1, 0.15) is 12.2 Å². The summed E-state index contributed by atoms with van der Waals surface area (Å²) in [5.74, 6) is 2.45. The third kappa shape index (κ3) is 2.16. The van der Waals surface area contributed by atoms with Gasteiger partial charge in [0, 0.05) is 24.7 Å². The molecule has 0 bridgehead atoms. The van der Waals surface area contributed by atoms with Gasteiger partial charge in [-0.3, -0.25) is 9.59 Å². The Bertz CT molecular complexity index is 688. The second kappa shape index (κ2) is 5.51. The second-order valence-electron chi connectivity index (χ2n) is 10.8. The van der Waals surface area contributed by atoms with Gasteiger partial charge in [-0.15, -0.1) is 0 Å². The molecule has 0 amide bonds. The summed E-state index contributed by atoms with van der Waals surface area (Å²) < 4.78 is 11.8. The van der Waals surface area contributed by atoms with Gasteiger partial charge in [-0.25, -0.2) is 0 Å². The summed E-state index contributed by atoms with van der Waals surface area (Å²) in [6.07, 6.45) is 9.63. The smallest absolute Gasteiger partial charge is 0.302 e. The molecule has 0 radical (unpaired) electrons. The standard InChI is InChI=1S/C23H34O4/c1-13(24)26-19-6-5-17-16-11-20(27-14(2)25)23-12-15(23)7-10-22(23,4)18(16)8-9-21(17,19)3/h15-20H,5-12H2,1-4H3/t15-,16+,17-,18-,19-,20+,21+,22-,23+/m1/s1. The minimum atomic E-state index is -0.145. The van der Waals surface area contributed by atoms with Crippen LogP contribution < -0.4 is 0 Å². The normalized spacial score (nSPS) is 55.0. The Morgan fingerprint density at radius 3 is 2.22 bits per heavy atom. The van der Waals surface area contributed by atoms with Crippen LogP contribution in [-0.2, 0) is 19.1 Å². The molecule has 5 fully saturated rings. The zero-order valence-electron chi connectivity index (χ0n) is 17.3. The molecule has 0 unspecified atom stereocenters. The summed E-state index contributed by atoms with van der Waals surface area (Å²) in [6, 6.07) is 0. The topological polar surface area (TPSA) is 52.6 Å². The van der Waals surface area contributed by atoms with Crippen LogP contribution in [0.25, 0.3) is 0 Å².